The van der Waals surface area contributed by atoms with Crippen molar-refractivity contribution in [2.75, 3.05) is 6.54 Å². The van der Waals surface area contributed by atoms with Crippen LogP contribution in [0, 0.1) is 0 Å². The minimum atomic E-state index is -0.892. The predicted molar refractivity (Wildman–Crippen MR) is 60.4 cm³/mol. The topological polar surface area (TPSA) is 57.6 Å². The van der Waals surface area contributed by atoms with E-state index in [1.807, 2.05) is 17.5 Å². The average molecular weight is 239 g/mol. The van der Waals surface area contributed by atoms with Gasteiger partial charge in [0.1, 0.15) is 6.04 Å². The molecule has 1 atom stereocenters. The van der Waals surface area contributed by atoms with E-state index in [0.717, 1.165) is 11.3 Å². The lowest BCUT2D eigenvalue weighted by atomic mass is 10.2. The van der Waals surface area contributed by atoms with Crippen molar-refractivity contribution in [3.05, 3.63) is 22.4 Å². The molecular weight excluding hydrogens is 226 g/mol. The molecule has 1 aromatic rings. The molecule has 1 N–H and O–H groups in total. The first-order valence-corrected chi connectivity index (χ1v) is 6.11. The Morgan fingerprint density at radius 3 is 3.00 bits per heavy atom. The monoisotopic (exact) mass is 239 g/mol. The van der Waals surface area contributed by atoms with Gasteiger partial charge in [0.2, 0.25) is 5.91 Å². The quantitative estimate of drug-likeness (QED) is 0.866. The van der Waals surface area contributed by atoms with Crippen molar-refractivity contribution in [2.24, 2.45) is 0 Å². The molecule has 0 radical (unpaired) electrons. The third-order valence-electron chi connectivity index (χ3n) is 2.76. The Morgan fingerprint density at radius 2 is 2.38 bits per heavy atom. The van der Waals surface area contributed by atoms with E-state index < -0.39 is 12.0 Å². The fourth-order valence-corrected chi connectivity index (χ4v) is 2.68. The molecule has 1 unspecified atom stereocenters. The Bertz CT molecular complexity index is 388. The van der Waals surface area contributed by atoms with Crippen LogP contribution in [0.25, 0.3) is 0 Å². The minimum absolute atomic E-state index is 0.0765. The highest BCUT2D eigenvalue weighted by molar-refractivity contribution is 7.10. The maximum atomic E-state index is 11.9. The Balaban J connectivity index is 2.01. The Morgan fingerprint density at radius 1 is 1.56 bits per heavy atom. The van der Waals surface area contributed by atoms with Crippen molar-refractivity contribution < 1.29 is 14.7 Å². The van der Waals surface area contributed by atoms with Gasteiger partial charge in [-0.1, -0.05) is 6.07 Å². The van der Waals surface area contributed by atoms with Gasteiger partial charge in [-0.25, -0.2) is 4.79 Å². The number of rotatable bonds is 3. The van der Waals surface area contributed by atoms with Crippen LogP contribution in [-0.2, 0) is 16.0 Å². The van der Waals surface area contributed by atoms with Crippen LogP contribution in [-0.4, -0.2) is 34.5 Å². The van der Waals surface area contributed by atoms with Crippen LogP contribution in [0.2, 0.25) is 0 Å². The fourth-order valence-electron chi connectivity index (χ4n) is 1.99. The van der Waals surface area contributed by atoms with E-state index in [1.54, 1.807) is 0 Å². The van der Waals surface area contributed by atoms with Crippen LogP contribution >= 0.6 is 11.3 Å². The number of hydrogen-bond donors (Lipinski definition) is 1. The number of carboxylic acid groups (broad SMARTS) is 1. The zero-order valence-electron chi connectivity index (χ0n) is 8.76. The van der Waals surface area contributed by atoms with E-state index in [9.17, 15) is 9.59 Å². The second-order valence-corrected chi connectivity index (χ2v) is 4.87. The number of carbonyl (C=O) groups is 2. The first kappa shape index (κ1) is 11.1. The number of hydrogen-bond acceptors (Lipinski definition) is 3. The average Bonchev–Trinajstić information content (AvgIpc) is 2.86. The zero-order valence-corrected chi connectivity index (χ0v) is 9.57. The van der Waals surface area contributed by atoms with Crippen molar-refractivity contribution in [1.82, 2.24) is 4.90 Å². The molecule has 2 heterocycles. The van der Waals surface area contributed by atoms with Crippen molar-refractivity contribution >= 4 is 23.2 Å². The number of likely N-dealkylation sites (tertiary alicyclic amines) is 1. The van der Waals surface area contributed by atoms with Gasteiger partial charge in [-0.15, -0.1) is 11.3 Å². The summed E-state index contributed by atoms with van der Waals surface area (Å²) >= 11 is 1.52. The maximum absolute atomic E-state index is 11.9. The molecule has 0 saturated carbocycles. The van der Waals surface area contributed by atoms with Gasteiger partial charge in [0, 0.05) is 11.4 Å². The maximum Gasteiger partial charge on any atom is 0.326 e. The molecule has 1 saturated heterocycles. The molecule has 1 fully saturated rings. The highest BCUT2D eigenvalue weighted by Crippen LogP contribution is 2.19. The molecule has 0 bridgehead atoms. The lowest BCUT2D eigenvalue weighted by Gasteiger charge is -2.20. The molecule has 0 aromatic carbocycles. The predicted octanol–water partition coefficient (Wildman–Crippen LogP) is 1.37. The number of aliphatic carboxylic acids is 1. The summed E-state index contributed by atoms with van der Waals surface area (Å²) in [4.78, 5) is 25.3. The summed E-state index contributed by atoms with van der Waals surface area (Å²) in [6.07, 6.45) is 1.68. The Hall–Kier alpha value is -1.36. The third-order valence-corrected chi connectivity index (χ3v) is 3.64. The van der Waals surface area contributed by atoms with Gasteiger partial charge in [-0.3, -0.25) is 4.79 Å². The Kier molecular flexibility index (Phi) is 3.24. The fraction of sp³-hybridized carbons (Fsp3) is 0.455. The largest absolute Gasteiger partial charge is 0.480 e. The van der Waals surface area contributed by atoms with Gasteiger partial charge in [-0.2, -0.15) is 0 Å². The van der Waals surface area contributed by atoms with Crippen molar-refractivity contribution in [2.45, 2.75) is 25.3 Å². The van der Waals surface area contributed by atoms with Gasteiger partial charge in [-0.05, 0) is 24.3 Å². The molecular formula is C11H13NO3S. The summed E-state index contributed by atoms with van der Waals surface area (Å²) in [7, 11) is 0. The van der Waals surface area contributed by atoms with E-state index in [0.29, 0.717) is 19.4 Å². The second-order valence-electron chi connectivity index (χ2n) is 3.84. The lowest BCUT2D eigenvalue weighted by Crippen LogP contribution is -2.41. The smallest absolute Gasteiger partial charge is 0.326 e. The first-order valence-electron chi connectivity index (χ1n) is 5.23. The van der Waals surface area contributed by atoms with Crippen LogP contribution in [0.15, 0.2) is 17.5 Å². The molecule has 86 valence electrons. The number of carboxylic acids is 1. The van der Waals surface area contributed by atoms with Gasteiger partial charge in [0.15, 0.2) is 0 Å². The molecule has 5 heteroatoms. The summed E-state index contributed by atoms with van der Waals surface area (Å²) in [5, 5.41) is 10.9. The normalized spacial score (nSPS) is 20.0. The van der Waals surface area contributed by atoms with Gasteiger partial charge in [0.25, 0.3) is 0 Å². The molecule has 0 aliphatic carbocycles. The summed E-state index contributed by atoms with van der Waals surface area (Å²) < 4.78 is 0. The highest BCUT2D eigenvalue weighted by atomic mass is 32.1. The Labute approximate surface area is 97.5 Å². The van der Waals surface area contributed by atoms with Crippen LogP contribution in [0.5, 0.6) is 0 Å². The standard InChI is InChI=1S/C11H13NO3S/c13-10(7-8-3-2-6-16-8)12-5-1-4-9(12)11(14)15/h2-3,6,9H,1,4-5,7H2,(H,14,15). The van der Waals surface area contributed by atoms with Crippen molar-refractivity contribution in [3.8, 4) is 0 Å². The summed E-state index contributed by atoms with van der Waals surface area (Å²) in [6.45, 7) is 0.571. The van der Waals surface area contributed by atoms with Crippen molar-refractivity contribution in [1.29, 1.82) is 0 Å². The molecule has 1 amide bonds. The van der Waals surface area contributed by atoms with E-state index in [4.69, 9.17) is 5.11 Å². The van der Waals surface area contributed by atoms with Crippen LogP contribution in [0.3, 0.4) is 0 Å². The van der Waals surface area contributed by atoms with Gasteiger partial charge >= 0.3 is 5.97 Å². The molecule has 2 rings (SSSR count). The van der Waals surface area contributed by atoms with Gasteiger partial charge < -0.3 is 10.0 Å². The van der Waals surface area contributed by atoms with Gasteiger partial charge in [0.05, 0.1) is 6.42 Å². The molecule has 4 nitrogen and oxygen atoms in total. The van der Waals surface area contributed by atoms with Crippen molar-refractivity contribution in [3.63, 3.8) is 0 Å². The molecule has 1 aromatic heterocycles. The molecule has 0 spiro atoms. The van der Waals surface area contributed by atoms with Crippen LogP contribution in [0.1, 0.15) is 17.7 Å². The van der Waals surface area contributed by atoms with Crippen LogP contribution in [0.4, 0.5) is 0 Å². The highest BCUT2D eigenvalue weighted by Gasteiger charge is 2.33. The first-order chi connectivity index (χ1) is 7.68. The number of carbonyl (C=O) groups excluding carboxylic acids is 1. The van der Waals surface area contributed by atoms with E-state index >= 15 is 0 Å². The van der Waals surface area contributed by atoms with E-state index in [1.165, 1.54) is 16.2 Å². The van der Waals surface area contributed by atoms with E-state index in [-0.39, 0.29) is 5.91 Å². The number of nitrogens with zero attached hydrogens (tertiary/aromatic N) is 1. The van der Waals surface area contributed by atoms with Crippen LogP contribution < -0.4 is 0 Å². The molecule has 16 heavy (non-hydrogen) atoms. The summed E-state index contributed by atoms with van der Waals surface area (Å²) in [6, 6.07) is 3.17. The van der Waals surface area contributed by atoms with E-state index in [2.05, 4.69) is 0 Å². The summed E-state index contributed by atoms with van der Waals surface area (Å²) in [5.41, 5.74) is 0. The summed E-state index contributed by atoms with van der Waals surface area (Å²) in [5.74, 6) is -0.968. The lowest BCUT2D eigenvalue weighted by molar-refractivity contribution is -0.147. The molecule has 1 aliphatic rings. The number of thiophene rings is 1. The second kappa shape index (κ2) is 4.65. The molecule has 1 aliphatic heterocycles. The number of amides is 1. The zero-order chi connectivity index (χ0) is 11.5. The SMILES string of the molecule is O=C(O)C1CCCN1C(=O)Cc1cccs1. The third kappa shape index (κ3) is 2.24. The minimum Gasteiger partial charge on any atom is -0.480 e.